The van der Waals surface area contributed by atoms with Crippen LogP contribution >= 0.6 is 11.3 Å². The summed E-state index contributed by atoms with van der Waals surface area (Å²) >= 11 is 1.20. The van der Waals surface area contributed by atoms with Gasteiger partial charge in [0.2, 0.25) is 0 Å². The molecule has 3 rings (SSSR count). The number of carbonyl (C=O) groups excluding carboxylic acids is 3. The highest BCUT2D eigenvalue weighted by Gasteiger charge is 2.15. The summed E-state index contributed by atoms with van der Waals surface area (Å²) < 4.78 is 20.6. The summed E-state index contributed by atoms with van der Waals surface area (Å²) in [5.74, 6) is -0.188. The first-order valence-electron chi connectivity index (χ1n) is 9.29. The van der Waals surface area contributed by atoms with Crippen LogP contribution in [-0.4, -0.2) is 36.5 Å². The predicted octanol–water partition coefficient (Wildman–Crippen LogP) is 3.46. The topological polar surface area (TPSA) is 117 Å². The van der Waals surface area contributed by atoms with Crippen LogP contribution in [-0.2, 0) is 27.3 Å². The molecule has 9 nitrogen and oxygen atoms in total. The highest BCUT2D eigenvalue weighted by atomic mass is 32.1. The maximum absolute atomic E-state index is 12.4. The van der Waals surface area contributed by atoms with E-state index >= 15 is 0 Å². The van der Waals surface area contributed by atoms with Gasteiger partial charge in [-0.2, -0.15) is 0 Å². The van der Waals surface area contributed by atoms with Gasteiger partial charge in [0.25, 0.3) is 5.91 Å². The number of aromatic nitrogens is 1. The van der Waals surface area contributed by atoms with Gasteiger partial charge >= 0.3 is 11.9 Å². The van der Waals surface area contributed by atoms with Crippen LogP contribution in [0.2, 0.25) is 0 Å². The fourth-order valence-corrected chi connectivity index (χ4v) is 3.21. The molecule has 0 spiro atoms. The van der Waals surface area contributed by atoms with E-state index in [1.54, 1.807) is 42.6 Å². The highest BCUT2D eigenvalue weighted by Crippen LogP contribution is 2.19. The Morgan fingerprint density at radius 3 is 2.61 bits per heavy atom. The number of methoxy groups -OCH3 is 1. The number of hydrogen-bond donors (Lipinski definition) is 1. The zero-order valence-electron chi connectivity index (χ0n) is 16.9. The Morgan fingerprint density at radius 2 is 1.90 bits per heavy atom. The van der Waals surface area contributed by atoms with E-state index in [0.29, 0.717) is 34.5 Å². The lowest BCUT2D eigenvalue weighted by Crippen LogP contribution is -2.11. The van der Waals surface area contributed by atoms with Gasteiger partial charge in [-0.05, 0) is 43.3 Å². The minimum absolute atomic E-state index is 0.0447. The van der Waals surface area contributed by atoms with E-state index in [1.165, 1.54) is 24.5 Å². The van der Waals surface area contributed by atoms with E-state index in [4.69, 9.17) is 13.9 Å². The van der Waals surface area contributed by atoms with Crippen molar-refractivity contribution in [3.05, 3.63) is 64.6 Å². The van der Waals surface area contributed by atoms with Crippen LogP contribution in [0.3, 0.4) is 0 Å². The number of benzene rings is 1. The Kier molecular flexibility index (Phi) is 7.39. The fraction of sp³-hybridized carbons (Fsp3) is 0.238. The lowest BCUT2D eigenvalue weighted by molar-refractivity contribution is -0.142. The van der Waals surface area contributed by atoms with Crippen molar-refractivity contribution in [2.75, 3.05) is 19.0 Å². The molecule has 1 aromatic carbocycles. The van der Waals surface area contributed by atoms with Crippen molar-refractivity contribution >= 4 is 34.3 Å². The normalized spacial score (nSPS) is 10.4. The molecule has 1 N–H and O–H groups in total. The summed E-state index contributed by atoms with van der Waals surface area (Å²) in [6.45, 7) is 2.13. The number of anilines is 1. The van der Waals surface area contributed by atoms with E-state index in [9.17, 15) is 14.4 Å². The molecule has 3 aromatic rings. The molecule has 0 saturated heterocycles. The molecule has 10 heteroatoms. The number of hydrogen-bond acceptors (Lipinski definition) is 9. The zero-order chi connectivity index (χ0) is 22.2. The number of furan rings is 1. The smallest absolute Gasteiger partial charge is 0.337 e. The quantitative estimate of drug-likeness (QED) is 0.499. The third-order valence-electron chi connectivity index (χ3n) is 3.94. The Balaban J connectivity index is 1.52. The van der Waals surface area contributed by atoms with Gasteiger partial charge in [0.15, 0.2) is 10.9 Å². The van der Waals surface area contributed by atoms with E-state index in [-0.39, 0.29) is 24.8 Å². The number of carbonyl (C=O) groups is 3. The lowest BCUT2D eigenvalue weighted by Gasteiger charge is -2.05. The minimum atomic E-state index is -0.467. The van der Waals surface area contributed by atoms with Gasteiger partial charge in [-0.25, -0.2) is 9.78 Å². The first-order chi connectivity index (χ1) is 15.0. The van der Waals surface area contributed by atoms with Crippen molar-refractivity contribution in [3.63, 3.8) is 0 Å². The van der Waals surface area contributed by atoms with Crippen LogP contribution in [0.25, 0.3) is 0 Å². The van der Waals surface area contributed by atoms with Crippen molar-refractivity contribution in [3.8, 4) is 5.75 Å². The molecule has 0 radical (unpaired) electrons. The summed E-state index contributed by atoms with van der Waals surface area (Å²) in [5.41, 5.74) is 0.935. The van der Waals surface area contributed by atoms with Gasteiger partial charge < -0.3 is 18.6 Å². The number of rotatable bonds is 9. The molecule has 162 valence electrons. The maximum Gasteiger partial charge on any atom is 0.337 e. The molecular weight excluding hydrogens is 424 g/mol. The van der Waals surface area contributed by atoms with Gasteiger partial charge in [-0.3, -0.25) is 14.9 Å². The molecular formula is C21H20N2O7S. The van der Waals surface area contributed by atoms with E-state index in [0.717, 1.165) is 0 Å². The third kappa shape index (κ3) is 6.16. The van der Waals surface area contributed by atoms with Crippen molar-refractivity contribution in [2.45, 2.75) is 20.0 Å². The number of nitrogens with zero attached hydrogens (tertiary/aromatic N) is 1. The molecule has 31 heavy (non-hydrogen) atoms. The van der Waals surface area contributed by atoms with Gasteiger partial charge in [-0.15, -0.1) is 11.3 Å². The van der Waals surface area contributed by atoms with E-state index < -0.39 is 11.9 Å². The SMILES string of the molecule is CCOC(=O)Cc1csc(NC(=O)c2ccc(COc3ccc(C(=O)OC)cc3)o2)n1. The summed E-state index contributed by atoms with van der Waals surface area (Å²) in [4.78, 5) is 39.5. The third-order valence-corrected chi connectivity index (χ3v) is 4.75. The number of ether oxygens (including phenoxy) is 3. The van der Waals surface area contributed by atoms with Gasteiger partial charge in [0.05, 0.1) is 31.4 Å². The molecule has 0 fully saturated rings. The molecule has 2 heterocycles. The number of thiazole rings is 1. The first kappa shape index (κ1) is 22.0. The Labute approximate surface area is 181 Å². The Hall–Kier alpha value is -3.66. The predicted molar refractivity (Wildman–Crippen MR) is 111 cm³/mol. The highest BCUT2D eigenvalue weighted by molar-refractivity contribution is 7.14. The monoisotopic (exact) mass is 444 g/mol. The van der Waals surface area contributed by atoms with E-state index in [1.807, 2.05) is 0 Å². The molecule has 0 aliphatic heterocycles. The molecule has 0 bridgehead atoms. The molecule has 0 saturated carbocycles. The van der Waals surface area contributed by atoms with Gasteiger partial charge in [0, 0.05) is 5.38 Å². The molecule has 0 unspecified atom stereocenters. The van der Waals surface area contributed by atoms with Crippen LogP contribution in [0.4, 0.5) is 5.13 Å². The molecule has 0 atom stereocenters. The number of amides is 1. The second kappa shape index (κ2) is 10.4. The summed E-state index contributed by atoms with van der Waals surface area (Å²) in [7, 11) is 1.31. The van der Waals surface area contributed by atoms with Crippen molar-refractivity contribution < 1.29 is 33.0 Å². The summed E-state index contributed by atoms with van der Waals surface area (Å²) in [5, 5.41) is 4.66. The maximum atomic E-state index is 12.4. The largest absolute Gasteiger partial charge is 0.486 e. The lowest BCUT2D eigenvalue weighted by atomic mass is 10.2. The van der Waals surface area contributed by atoms with Crippen LogP contribution < -0.4 is 10.1 Å². The van der Waals surface area contributed by atoms with Crippen molar-refractivity contribution in [2.24, 2.45) is 0 Å². The fourth-order valence-electron chi connectivity index (χ4n) is 2.50. The van der Waals surface area contributed by atoms with Gasteiger partial charge in [-0.1, -0.05) is 0 Å². The van der Waals surface area contributed by atoms with Crippen molar-refractivity contribution in [1.82, 2.24) is 4.98 Å². The van der Waals surface area contributed by atoms with Crippen molar-refractivity contribution in [1.29, 1.82) is 0 Å². The van der Waals surface area contributed by atoms with Crippen LogP contribution in [0.15, 0.2) is 46.2 Å². The van der Waals surface area contributed by atoms with Crippen LogP contribution in [0, 0.1) is 0 Å². The first-order valence-corrected chi connectivity index (χ1v) is 10.2. The molecule has 1 amide bonds. The molecule has 2 aromatic heterocycles. The standard InChI is InChI=1S/C21H20N2O7S/c1-3-28-18(24)10-14-12-31-21(22-14)23-19(25)17-9-8-16(30-17)11-29-15-6-4-13(5-7-15)20(26)27-2/h4-9,12H,3,10-11H2,1-2H3,(H,22,23,25). The Bertz CT molecular complexity index is 1060. The summed E-state index contributed by atoms with van der Waals surface area (Å²) in [6.07, 6.45) is 0.0447. The Morgan fingerprint density at radius 1 is 1.13 bits per heavy atom. The number of nitrogens with one attached hydrogen (secondary N) is 1. The molecule has 0 aliphatic carbocycles. The molecule has 0 aliphatic rings. The minimum Gasteiger partial charge on any atom is -0.486 e. The zero-order valence-corrected chi connectivity index (χ0v) is 17.7. The second-order valence-electron chi connectivity index (χ2n) is 6.15. The van der Waals surface area contributed by atoms with E-state index in [2.05, 4.69) is 15.0 Å². The summed E-state index contributed by atoms with van der Waals surface area (Å²) in [6, 6.07) is 9.62. The van der Waals surface area contributed by atoms with Crippen LogP contribution in [0.5, 0.6) is 5.75 Å². The second-order valence-corrected chi connectivity index (χ2v) is 7.01. The van der Waals surface area contributed by atoms with Crippen LogP contribution in [0.1, 0.15) is 39.3 Å². The average Bonchev–Trinajstić information content (AvgIpc) is 3.42. The van der Waals surface area contributed by atoms with Gasteiger partial charge in [0.1, 0.15) is 18.1 Å². The average molecular weight is 444 g/mol. The number of esters is 2.